The average molecular weight is 623 g/mol. The second kappa shape index (κ2) is 11.0. The summed E-state index contributed by atoms with van der Waals surface area (Å²) in [6.07, 6.45) is -8.81. The number of carbonyl (C=O) groups excluding carboxylic acids is 2. The Kier molecular flexibility index (Phi) is 7.88. The van der Waals surface area contributed by atoms with Gasteiger partial charge in [-0.1, -0.05) is 5.16 Å². The minimum atomic E-state index is -5.09. The van der Waals surface area contributed by atoms with Gasteiger partial charge in [0.05, 0.1) is 36.5 Å². The fourth-order valence-corrected chi connectivity index (χ4v) is 5.57. The van der Waals surface area contributed by atoms with Crippen molar-refractivity contribution in [2.24, 2.45) is 17.6 Å². The van der Waals surface area contributed by atoms with Gasteiger partial charge in [0.15, 0.2) is 17.1 Å². The number of halogens is 8. The summed E-state index contributed by atoms with van der Waals surface area (Å²) in [6.45, 7) is 0. The van der Waals surface area contributed by atoms with Crippen molar-refractivity contribution in [2.75, 3.05) is 0 Å². The molecular weight excluding hydrogens is 596 g/mol. The van der Waals surface area contributed by atoms with Crippen molar-refractivity contribution in [1.29, 1.82) is 0 Å². The molecule has 0 aromatic carbocycles. The first-order chi connectivity index (χ1) is 20.0. The van der Waals surface area contributed by atoms with Crippen LogP contribution < -0.4 is 11.1 Å². The molecule has 2 aliphatic rings. The third kappa shape index (κ3) is 6.90. The first kappa shape index (κ1) is 30.7. The van der Waals surface area contributed by atoms with Crippen LogP contribution in [0.25, 0.3) is 5.65 Å². The monoisotopic (exact) mass is 622 g/mol. The third-order valence-electron chi connectivity index (χ3n) is 7.83. The molecule has 0 aliphatic heterocycles. The topological polar surface area (TPSA) is 128 Å². The zero-order chi connectivity index (χ0) is 31.3. The maximum atomic E-state index is 14.0. The highest BCUT2D eigenvalue weighted by atomic mass is 19.4. The van der Waals surface area contributed by atoms with Crippen LogP contribution in [0.15, 0.2) is 23.0 Å². The number of nitrogens with zero attached hydrogens (tertiary/aromatic N) is 4. The molecule has 17 heteroatoms. The van der Waals surface area contributed by atoms with Gasteiger partial charge in [-0.15, -0.1) is 0 Å². The molecule has 0 spiro atoms. The number of rotatable bonds is 9. The molecule has 9 nitrogen and oxygen atoms in total. The Morgan fingerprint density at radius 2 is 1.77 bits per heavy atom. The Morgan fingerprint density at radius 3 is 2.35 bits per heavy atom. The molecule has 3 heterocycles. The van der Waals surface area contributed by atoms with E-state index in [1.165, 1.54) is 23.0 Å². The van der Waals surface area contributed by atoms with Crippen molar-refractivity contribution in [3.63, 3.8) is 0 Å². The van der Waals surface area contributed by atoms with Crippen LogP contribution in [0.2, 0.25) is 0 Å². The molecule has 0 unspecified atom stereocenters. The number of alkyl halides is 8. The quantitative estimate of drug-likeness (QED) is 0.295. The molecule has 43 heavy (non-hydrogen) atoms. The lowest BCUT2D eigenvalue weighted by molar-refractivity contribution is -0.144. The zero-order valence-electron chi connectivity index (χ0n) is 22.3. The number of primary amides is 1. The second-order valence-electron chi connectivity index (χ2n) is 11.1. The molecule has 3 N–H and O–H groups in total. The van der Waals surface area contributed by atoms with Gasteiger partial charge in [0.2, 0.25) is 11.8 Å². The number of hydrogen-bond donors (Lipinski definition) is 2. The van der Waals surface area contributed by atoms with Crippen molar-refractivity contribution in [1.82, 2.24) is 25.1 Å². The van der Waals surface area contributed by atoms with Crippen molar-refractivity contribution in [3.8, 4) is 0 Å². The van der Waals surface area contributed by atoms with Gasteiger partial charge in [0, 0.05) is 19.3 Å². The molecule has 2 saturated carbocycles. The first-order valence-corrected chi connectivity index (χ1v) is 13.5. The smallest absolute Gasteiger partial charge is 0.365 e. The predicted octanol–water partition coefficient (Wildman–Crippen LogP) is 5.70. The number of imidazole rings is 1. The highest BCUT2D eigenvalue weighted by molar-refractivity contribution is 5.95. The molecule has 0 radical (unpaired) electrons. The molecule has 0 saturated heterocycles. The van der Waals surface area contributed by atoms with Crippen molar-refractivity contribution < 1.29 is 49.2 Å². The summed E-state index contributed by atoms with van der Waals surface area (Å²) in [7, 11) is 0. The number of aromatic nitrogens is 4. The van der Waals surface area contributed by atoms with Gasteiger partial charge in [0.25, 0.3) is 5.91 Å². The lowest BCUT2D eigenvalue weighted by Crippen LogP contribution is -2.30. The first-order valence-electron chi connectivity index (χ1n) is 13.5. The maximum Gasteiger partial charge on any atom is 0.437 e. The molecule has 2 fully saturated rings. The van der Waals surface area contributed by atoms with Crippen LogP contribution in [0, 0.1) is 11.8 Å². The van der Waals surface area contributed by atoms with E-state index in [1.54, 1.807) is 0 Å². The normalized spacial score (nSPS) is 19.3. The molecule has 3 aromatic rings. The molecule has 2 atom stereocenters. The molecule has 0 bridgehead atoms. The fourth-order valence-electron chi connectivity index (χ4n) is 5.57. The van der Waals surface area contributed by atoms with E-state index in [9.17, 15) is 44.7 Å². The number of nitrogens with one attached hydrogen (secondary N) is 1. The Balaban J connectivity index is 1.51. The number of carbonyl (C=O) groups is 2. The summed E-state index contributed by atoms with van der Waals surface area (Å²) in [5.74, 6) is -7.75. The van der Waals surface area contributed by atoms with Crippen LogP contribution in [0.1, 0.15) is 96.4 Å². The van der Waals surface area contributed by atoms with Crippen LogP contribution in [-0.2, 0) is 11.0 Å². The van der Waals surface area contributed by atoms with Gasteiger partial charge < -0.3 is 15.6 Å². The van der Waals surface area contributed by atoms with Crippen LogP contribution in [-0.4, -0.2) is 43.7 Å². The average Bonchev–Trinajstić information content (AvgIpc) is 3.49. The molecule has 5 rings (SSSR count). The summed E-state index contributed by atoms with van der Waals surface area (Å²) < 4.78 is 113. The molecule has 2 aliphatic carbocycles. The summed E-state index contributed by atoms with van der Waals surface area (Å²) in [4.78, 5) is 28.9. The summed E-state index contributed by atoms with van der Waals surface area (Å²) >= 11 is 0. The van der Waals surface area contributed by atoms with E-state index in [0.29, 0.717) is 18.4 Å². The summed E-state index contributed by atoms with van der Waals surface area (Å²) in [6, 6.07) is 0.867. The van der Waals surface area contributed by atoms with E-state index >= 15 is 0 Å². The Bertz CT molecular complexity index is 1500. The lowest BCUT2D eigenvalue weighted by Gasteiger charge is -2.32. The zero-order valence-corrected chi connectivity index (χ0v) is 22.3. The Hall–Kier alpha value is -3.79. The van der Waals surface area contributed by atoms with Crippen molar-refractivity contribution in [2.45, 2.75) is 81.6 Å². The van der Waals surface area contributed by atoms with Gasteiger partial charge in [-0.3, -0.25) is 9.59 Å². The Labute approximate surface area is 238 Å². The van der Waals surface area contributed by atoms with E-state index in [4.69, 9.17) is 10.3 Å². The lowest BCUT2D eigenvalue weighted by atomic mass is 9.75. The van der Waals surface area contributed by atoms with E-state index in [-0.39, 0.29) is 30.1 Å². The minimum absolute atomic E-state index is 0.0433. The van der Waals surface area contributed by atoms with E-state index in [1.807, 2.05) is 0 Å². The fraction of sp³-hybridized carbons (Fsp3) is 0.577. The van der Waals surface area contributed by atoms with Crippen LogP contribution in [0.3, 0.4) is 0 Å². The SMILES string of the molecule is NC(=O)c1c(C(F)(F)F)noc1[C@H](c1cn2ncc([C@H](NC(=O)CCC(F)(F)F)C3CC3)cc2n1)C1CCC(F)(F)CC1. The largest absolute Gasteiger partial charge is 0.437 e. The third-order valence-corrected chi connectivity index (χ3v) is 7.83. The van der Waals surface area contributed by atoms with Crippen molar-refractivity contribution in [3.05, 3.63) is 46.7 Å². The summed E-state index contributed by atoms with van der Waals surface area (Å²) in [5.41, 5.74) is 3.30. The van der Waals surface area contributed by atoms with E-state index in [2.05, 4.69) is 20.6 Å². The van der Waals surface area contributed by atoms with Crippen LogP contribution >= 0.6 is 0 Å². The van der Waals surface area contributed by atoms with Crippen molar-refractivity contribution >= 4 is 17.5 Å². The van der Waals surface area contributed by atoms with Crippen LogP contribution in [0.5, 0.6) is 0 Å². The molecular formula is C26H26F8N6O3. The molecule has 234 valence electrons. The number of nitrogens with two attached hydrogens (primary N) is 1. The second-order valence-corrected chi connectivity index (χ2v) is 11.1. The standard InChI is InChI=1S/C26H26F8N6O3/c27-24(28)6-3-12(4-7-24)18(21-19(23(35)42)22(39-43-21)26(32,33)34)15-11-40-16(37-15)9-14(10-36-40)20(13-1-2-13)38-17(41)5-8-25(29,30)31/h9-13,18,20H,1-8H2,(H2,35,42)(H,38,41)/t18-,20+/m0/s1. The highest BCUT2D eigenvalue weighted by Crippen LogP contribution is 2.47. The van der Waals surface area contributed by atoms with Gasteiger partial charge in [-0.2, -0.15) is 31.4 Å². The van der Waals surface area contributed by atoms with Gasteiger partial charge in [-0.25, -0.2) is 18.3 Å². The predicted molar refractivity (Wildman–Crippen MR) is 131 cm³/mol. The number of amides is 2. The van der Waals surface area contributed by atoms with E-state index < -0.39 is 90.7 Å². The minimum Gasteiger partial charge on any atom is -0.365 e. The maximum absolute atomic E-state index is 14.0. The van der Waals surface area contributed by atoms with Gasteiger partial charge >= 0.3 is 12.4 Å². The number of hydrogen-bond acceptors (Lipinski definition) is 6. The van der Waals surface area contributed by atoms with Gasteiger partial charge in [-0.05, 0) is 49.1 Å². The Morgan fingerprint density at radius 1 is 1.09 bits per heavy atom. The van der Waals surface area contributed by atoms with Gasteiger partial charge in [0.1, 0.15) is 5.56 Å². The summed E-state index contributed by atoms with van der Waals surface area (Å²) in [5, 5.41) is 9.92. The molecule has 2 amide bonds. The molecule has 3 aromatic heterocycles. The highest BCUT2D eigenvalue weighted by Gasteiger charge is 2.46. The number of fused-ring (bicyclic) bond motifs is 1. The van der Waals surface area contributed by atoms with Crippen LogP contribution in [0.4, 0.5) is 35.1 Å². The van der Waals surface area contributed by atoms with E-state index in [0.717, 1.165) is 0 Å².